The molecule has 0 unspecified atom stereocenters. The minimum absolute atomic E-state index is 0.157. The molecular formula is C25H35NO3. The maximum atomic E-state index is 12.6. The molecule has 0 spiro atoms. The van der Waals surface area contributed by atoms with Crippen molar-refractivity contribution in [2.24, 2.45) is 11.3 Å². The van der Waals surface area contributed by atoms with Crippen LogP contribution in [0.2, 0.25) is 0 Å². The van der Waals surface area contributed by atoms with Gasteiger partial charge in [0.25, 0.3) is 0 Å². The lowest BCUT2D eigenvalue weighted by atomic mass is 9.69. The van der Waals surface area contributed by atoms with E-state index in [0.29, 0.717) is 18.9 Å². The largest absolute Gasteiger partial charge is 0.467 e. The Bertz CT molecular complexity index is 741. The van der Waals surface area contributed by atoms with Crippen molar-refractivity contribution in [2.45, 2.75) is 65.5 Å². The highest BCUT2D eigenvalue weighted by Gasteiger charge is 2.38. The van der Waals surface area contributed by atoms with E-state index in [2.05, 4.69) is 44.2 Å². The minimum atomic E-state index is 0.157. The summed E-state index contributed by atoms with van der Waals surface area (Å²) in [6.07, 6.45) is 6.59. The van der Waals surface area contributed by atoms with E-state index >= 15 is 0 Å². The maximum Gasteiger partial charge on any atom is 0.222 e. The molecule has 2 atom stereocenters. The number of hydrogen-bond acceptors (Lipinski definition) is 3. The zero-order valence-corrected chi connectivity index (χ0v) is 18.1. The fourth-order valence-corrected chi connectivity index (χ4v) is 4.43. The number of furan rings is 1. The van der Waals surface area contributed by atoms with Gasteiger partial charge in [0.15, 0.2) is 0 Å². The van der Waals surface area contributed by atoms with E-state index in [-0.39, 0.29) is 17.4 Å². The molecule has 0 radical (unpaired) electrons. The Labute approximate surface area is 175 Å². The normalized spacial score (nSPS) is 22.0. The molecular weight excluding hydrogens is 362 g/mol. The van der Waals surface area contributed by atoms with Crippen molar-refractivity contribution in [1.82, 2.24) is 4.90 Å². The summed E-state index contributed by atoms with van der Waals surface area (Å²) < 4.78 is 11.6. The number of carbonyl (C=O) groups excluding carboxylic acids is 1. The first-order valence-electron chi connectivity index (χ1n) is 11.0. The van der Waals surface area contributed by atoms with E-state index in [4.69, 9.17) is 9.15 Å². The molecule has 29 heavy (non-hydrogen) atoms. The monoisotopic (exact) mass is 397 g/mol. The van der Waals surface area contributed by atoms with Gasteiger partial charge in [-0.3, -0.25) is 4.79 Å². The summed E-state index contributed by atoms with van der Waals surface area (Å²) in [5, 5.41) is 0. The second-order valence-corrected chi connectivity index (χ2v) is 8.77. The van der Waals surface area contributed by atoms with Crippen molar-refractivity contribution in [3.8, 4) is 0 Å². The molecule has 1 amide bonds. The lowest BCUT2D eigenvalue weighted by molar-refractivity contribution is -0.132. The molecule has 1 fully saturated rings. The van der Waals surface area contributed by atoms with E-state index in [1.165, 1.54) is 5.56 Å². The van der Waals surface area contributed by atoms with Gasteiger partial charge >= 0.3 is 0 Å². The summed E-state index contributed by atoms with van der Waals surface area (Å²) in [6, 6.07) is 14.6. The van der Waals surface area contributed by atoms with E-state index in [9.17, 15) is 4.79 Å². The number of nitrogens with zero attached hydrogens (tertiary/aromatic N) is 1. The summed E-state index contributed by atoms with van der Waals surface area (Å²) in [4.78, 5) is 14.6. The predicted molar refractivity (Wildman–Crippen MR) is 115 cm³/mol. The topological polar surface area (TPSA) is 42.7 Å². The first-order chi connectivity index (χ1) is 14.0. The second-order valence-electron chi connectivity index (χ2n) is 8.77. The lowest BCUT2D eigenvalue weighted by Gasteiger charge is -2.43. The molecule has 4 nitrogen and oxygen atoms in total. The highest BCUT2D eigenvalue weighted by Crippen LogP contribution is 2.42. The van der Waals surface area contributed by atoms with Crippen LogP contribution in [0, 0.1) is 11.3 Å². The van der Waals surface area contributed by atoms with Crippen LogP contribution in [-0.2, 0) is 22.5 Å². The van der Waals surface area contributed by atoms with Crippen molar-refractivity contribution < 1.29 is 13.9 Å². The number of carbonyl (C=O) groups is 1. The molecule has 0 aliphatic carbocycles. The number of benzene rings is 1. The van der Waals surface area contributed by atoms with Gasteiger partial charge in [-0.2, -0.15) is 0 Å². The Morgan fingerprint density at radius 3 is 2.66 bits per heavy atom. The van der Waals surface area contributed by atoms with Crippen LogP contribution in [0.4, 0.5) is 0 Å². The summed E-state index contributed by atoms with van der Waals surface area (Å²) in [7, 11) is 0. The number of ether oxygens (including phenoxy) is 1. The Morgan fingerprint density at radius 2 is 2.00 bits per heavy atom. The van der Waals surface area contributed by atoms with Crippen molar-refractivity contribution in [2.75, 3.05) is 13.2 Å². The van der Waals surface area contributed by atoms with Gasteiger partial charge in [-0.05, 0) is 54.7 Å². The third kappa shape index (κ3) is 5.96. The molecule has 1 saturated heterocycles. The summed E-state index contributed by atoms with van der Waals surface area (Å²) in [6.45, 7) is 8.52. The van der Waals surface area contributed by atoms with E-state index < -0.39 is 0 Å². The smallest absolute Gasteiger partial charge is 0.222 e. The molecule has 158 valence electrons. The second kappa shape index (κ2) is 10.1. The quantitative estimate of drug-likeness (QED) is 0.563. The zero-order chi connectivity index (χ0) is 20.7. The van der Waals surface area contributed by atoms with Gasteiger partial charge in [-0.1, -0.05) is 51.1 Å². The zero-order valence-electron chi connectivity index (χ0n) is 18.1. The third-order valence-corrected chi connectivity index (χ3v) is 6.26. The van der Waals surface area contributed by atoms with Crippen LogP contribution in [0.15, 0.2) is 53.1 Å². The first-order valence-corrected chi connectivity index (χ1v) is 11.0. The van der Waals surface area contributed by atoms with E-state index in [0.717, 1.165) is 44.6 Å². The number of hydrogen-bond donors (Lipinski definition) is 0. The number of amides is 1. The van der Waals surface area contributed by atoms with Gasteiger partial charge in [-0.15, -0.1) is 0 Å². The Balaban J connectivity index is 1.76. The van der Waals surface area contributed by atoms with Gasteiger partial charge in [0, 0.05) is 19.6 Å². The highest BCUT2D eigenvalue weighted by molar-refractivity contribution is 5.75. The highest BCUT2D eigenvalue weighted by atomic mass is 16.5. The molecule has 2 heterocycles. The predicted octanol–water partition coefficient (Wildman–Crippen LogP) is 5.47. The molecule has 1 aliphatic heterocycles. The van der Waals surface area contributed by atoms with Gasteiger partial charge in [-0.25, -0.2) is 0 Å². The van der Waals surface area contributed by atoms with Gasteiger partial charge < -0.3 is 14.1 Å². The van der Waals surface area contributed by atoms with E-state index in [1.807, 2.05) is 24.0 Å². The van der Waals surface area contributed by atoms with E-state index in [1.54, 1.807) is 6.26 Å². The van der Waals surface area contributed by atoms with Crippen molar-refractivity contribution in [3.63, 3.8) is 0 Å². The van der Waals surface area contributed by atoms with Gasteiger partial charge in [0.05, 0.1) is 18.9 Å². The molecule has 3 rings (SSSR count). The van der Waals surface area contributed by atoms with Crippen molar-refractivity contribution >= 4 is 5.91 Å². The molecule has 0 saturated carbocycles. The molecule has 2 aromatic rings. The summed E-state index contributed by atoms with van der Waals surface area (Å²) in [5.41, 5.74) is 1.53. The maximum absolute atomic E-state index is 12.6. The van der Waals surface area contributed by atoms with Crippen LogP contribution in [0.5, 0.6) is 0 Å². The third-order valence-electron chi connectivity index (χ3n) is 6.26. The fourth-order valence-electron chi connectivity index (χ4n) is 4.43. The molecule has 4 heteroatoms. The first kappa shape index (κ1) is 21.6. The van der Waals surface area contributed by atoms with Crippen LogP contribution in [0.3, 0.4) is 0 Å². The standard InChI is InChI=1S/C25H35NO3/c1-4-24(27)26(19-22-11-8-15-28-22)14-12-25(17-21-9-6-5-7-10-21)13-16-29-23(18-25)20(2)3/h5-11,15,20,23H,4,12-14,16-19H2,1-3H3/t23-,25-/m0/s1. The number of rotatable bonds is 9. The Hall–Kier alpha value is -2.07. The van der Waals surface area contributed by atoms with Crippen LogP contribution in [-0.4, -0.2) is 30.1 Å². The van der Waals surface area contributed by atoms with Crippen molar-refractivity contribution in [1.29, 1.82) is 0 Å². The van der Waals surface area contributed by atoms with Gasteiger partial charge in [0.1, 0.15) is 5.76 Å². The average Bonchev–Trinajstić information content (AvgIpc) is 3.24. The molecule has 1 aliphatic rings. The SMILES string of the molecule is CCC(=O)N(CC[C@@]1(Cc2ccccc2)CCO[C@H](C(C)C)C1)Cc1ccco1. The molecule has 1 aromatic heterocycles. The minimum Gasteiger partial charge on any atom is -0.467 e. The Morgan fingerprint density at radius 1 is 1.21 bits per heavy atom. The molecule has 0 N–H and O–H groups in total. The van der Waals surface area contributed by atoms with Crippen LogP contribution in [0.1, 0.15) is 57.8 Å². The van der Waals surface area contributed by atoms with Crippen molar-refractivity contribution in [3.05, 3.63) is 60.1 Å². The summed E-state index contributed by atoms with van der Waals surface area (Å²) >= 11 is 0. The molecule has 0 bridgehead atoms. The Kier molecular flexibility index (Phi) is 7.54. The fraction of sp³-hybridized carbons (Fsp3) is 0.560. The van der Waals surface area contributed by atoms with Crippen LogP contribution >= 0.6 is 0 Å². The van der Waals surface area contributed by atoms with Crippen LogP contribution < -0.4 is 0 Å². The average molecular weight is 398 g/mol. The summed E-state index contributed by atoms with van der Waals surface area (Å²) in [5.74, 6) is 1.53. The van der Waals surface area contributed by atoms with Crippen LogP contribution in [0.25, 0.3) is 0 Å². The van der Waals surface area contributed by atoms with Gasteiger partial charge in [0.2, 0.25) is 5.91 Å². The molecule has 1 aromatic carbocycles. The lowest BCUT2D eigenvalue weighted by Crippen LogP contribution is -2.42.